The smallest absolute Gasteiger partial charge is 0.316 e. The molecule has 5 heteroatoms. The van der Waals surface area contributed by atoms with Crippen LogP contribution in [0.5, 0.6) is 5.75 Å². The molecule has 0 aromatic heterocycles. The maximum atomic E-state index is 11.3. The number of amides is 2. The number of rotatable bonds is 9. The molecule has 0 saturated carbocycles. The van der Waals surface area contributed by atoms with Crippen LogP contribution in [0, 0.1) is 0 Å². The first-order chi connectivity index (χ1) is 10.1. The number of carbonyl (C=O) groups excluding carboxylic acids is 1. The van der Waals surface area contributed by atoms with Gasteiger partial charge in [0, 0.05) is 33.7 Å². The molecule has 0 atom stereocenters. The van der Waals surface area contributed by atoms with E-state index >= 15 is 0 Å². The second kappa shape index (κ2) is 10.0. The molecule has 21 heavy (non-hydrogen) atoms. The first-order valence-electron chi connectivity index (χ1n) is 7.51. The second-order valence-corrected chi connectivity index (χ2v) is 5.15. The van der Waals surface area contributed by atoms with Crippen molar-refractivity contribution in [2.24, 2.45) is 0 Å². The van der Waals surface area contributed by atoms with Crippen molar-refractivity contribution in [1.29, 1.82) is 0 Å². The first kappa shape index (κ1) is 17.3. The van der Waals surface area contributed by atoms with Gasteiger partial charge in [0.15, 0.2) is 0 Å². The summed E-state index contributed by atoms with van der Waals surface area (Å²) in [5, 5.41) is 6.10. The molecular formula is C16H27N3O2. The first-order valence-corrected chi connectivity index (χ1v) is 7.51. The molecule has 118 valence electrons. The van der Waals surface area contributed by atoms with E-state index in [9.17, 15) is 4.79 Å². The van der Waals surface area contributed by atoms with Crippen LogP contribution in [-0.2, 0) is 6.54 Å². The van der Waals surface area contributed by atoms with E-state index in [-0.39, 0.29) is 6.03 Å². The van der Waals surface area contributed by atoms with Crippen molar-refractivity contribution in [3.8, 4) is 5.75 Å². The predicted molar refractivity (Wildman–Crippen MR) is 85.6 cm³/mol. The lowest BCUT2D eigenvalue weighted by Crippen LogP contribution is -2.38. The molecule has 5 nitrogen and oxygen atoms in total. The number of nitrogens with one attached hydrogen (secondary N) is 2. The Morgan fingerprint density at radius 2 is 1.90 bits per heavy atom. The van der Waals surface area contributed by atoms with Crippen LogP contribution in [0.3, 0.4) is 0 Å². The summed E-state index contributed by atoms with van der Waals surface area (Å²) in [6.07, 6.45) is 2.23. The maximum Gasteiger partial charge on any atom is 0.316 e. The SMILES string of the molecule is CCCCOc1ccc(CNCCNC(=O)N(C)C)cc1. The van der Waals surface area contributed by atoms with Crippen molar-refractivity contribution < 1.29 is 9.53 Å². The van der Waals surface area contributed by atoms with E-state index in [0.717, 1.165) is 38.3 Å². The summed E-state index contributed by atoms with van der Waals surface area (Å²) in [4.78, 5) is 12.8. The van der Waals surface area contributed by atoms with Gasteiger partial charge in [-0.1, -0.05) is 25.5 Å². The summed E-state index contributed by atoms with van der Waals surface area (Å²) in [5.41, 5.74) is 1.21. The number of nitrogens with zero attached hydrogens (tertiary/aromatic N) is 1. The number of hydrogen-bond acceptors (Lipinski definition) is 3. The van der Waals surface area contributed by atoms with Gasteiger partial charge in [-0.3, -0.25) is 0 Å². The molecule has 0 bridgehead atoms. The highest BCUT2D eigenvalue weighted by atomic mass is 16.5. The molecule has 1 rings (SSSR count). The van der Waals surface area contributed by atoms with E-state index in [2.05, 4.69) is 29.7 Å². The van der Waals surface area contributed by atoms with E-state index in [4.69, 9.17) is 4.74 Å². The topological polar surface area (TPSA) is 53.6 Å². The highest BCUT2D eigenvalue weighted by Gasteiger charge is 2.00. The largest absolute Gasteiger partial charge is 0.494 e. The summed E-state index contributed by atoms with van der Waals surface area (Å²) in [6, 6.07) is 8.06. The fraction of sp³-hybridized carbons (Fsp3) is 0.562. The zero-order valence-electron chi connectivity index (χ0n) is 13.3. The van der Waals surface area contributed by atoms with Gasteiger partial charge in [0.1, 0.15) is 5.75 Å². The number of benzene rings is 1. The molecular weight excluding hydrogens is 266 g/mol. The van der Waals surface area contributed by atoms with E-state index in [0.29, 0.717) is 6.54 Å². The lowest BCUT2D eigenvalue weighted by atomic mass is 10.2. The molecule has 2 amide bonds. The quantitative estimate of drug-likeness (QED) is 0.687. The van der Waals surface area contributed by atoms with Crippen molar-refractivity contribution in [2.45, 2.75) is 26.3 Å². The van der Waals surface area contributed by atoms with E-state index in [1.807, 2.05) is 12.1 Å². The van der Waals surface area contributed by atoms with Gasteiger partial charge in [-0.15, -0.1) is 0 Å². The van der Waals surface area contributed by atoms with Crippen molar-refractivity contribution in [2.75, 3.05) is 33.8 Å². The molecule has 0 fully saturated rings. The molecule has 0 saturated heterocycles. The molecule has 2 N–H and O–H groups in total. The van der Waals surface area contributed by atoms with Gasteiger partial charge in [-0.2, -0.15) is 0 Å². The average Bonchev–Trinajstić information content (AvgIpc) is 2.48. The van der Waals surface area contributed by atoms with E-state index < -0.39 is 0 Å². The average molecular weight is 293 g/mol. The number of carbonyl (C=O) groups is 1. The fourth-order valence-electron chi connectivity index (χ4n) is 1.69. The Hall–Kier alpha value is -1.75. The zero-order valence-corrected chi connectivity index (χ0v) is 13.3. The maximum absolute atomic E-state index is 11.3. The Balaban J connectivity index is 2.16. The number of unbranched alkanes of at least 4 members (excludes halogenated alkanes) is 1. The number of ether oxygens (including phenoxy) is 1. The molecule has 0 aliphatic heterocycles. The van der Waals surface area contributed by atoms with Gasteiger partial charge < -0.3 is 20.3 Å². The van der Waals surface area contributed by atoms with Crippen molar-refractivity contribution in [1.82, 2.24) is 15.5 Å². The van der Waals surface area contributed by atoms with Crippen LogP contribution < -0.4 is 15.4 Å². The summed E-state index contributed by atoms with van der Waals surface area (Å²) in [5.74, 6) is 0.922. The highest BCUT2D eigenvalue weighted by molar-refractivity contribution is 5.73. The minimum absolute atomic E-state index is 0.0645. The van der Waals surface area contributed by atoms with Crippen molar-refractivity contribution in [3.63, 3.8) is 0 Å². The van der Waals surface area contributed by atoms with Crippen LogP contribution in [0.25, 0.3) is 0 Å². The fourth-order valence-corrected chi connectivity index (χ4v) is 1.69. The van der Waals surface area contributed by atoms with Crippen molar-refractivity contribution >= 4 is 6.03 Å². The van der Waals surface area contributed by atoms with Crippen LogP contribution in [0.15, 0.2) is 24.3 Å². The Bertz CT molecular complexity index is 404. The lowest BCUT2D eigenvalue weighted by Gasteiger charge is -2.12. The molecule has 0 heterocycles. The Kier molecular flexibility index (Phi) is 8.28. The highest BCUT2D eigenvalue weighted by Crippen LogP contribution is 2.12. The van der Waals surface area contributed by atoms with Gasteiger partial charge in [0.25, 0.3) is 0 Å². The normalized spacial score (nSPS) is 10.2. The van der Waals surface area contributed by atoms with E-state index in [1.54, 1.807) is 14.1 Å². The van der Waals surface area contributed by atoms with Crippen LogP contribution in [0.1, 0.15) is 25.3 Å². The monoisotopic (exact) mass is 293 g/mol. The Labute approximate surface area is 127 Å². The molecule has 0 unspecified atom stereocenters. The van der Waals surface area contributed by atoms with Gasteiger partial charge in [-0.25, -0.2) is 4.79 Å². The van der Waals surface area contributed by atoms with Crippen LogP contribution in [-0.4, -0.2) is 44.7 Å². The molecule has 0 aliphatic rings. The van der Waals surface area contributed by atoms with Gasteiger partial charge in [0.2, 0.25) is 0 Å². The standard InChI is InChI=1S/C16H27N3O2/c1-4-5-12-21-15-8-6-14(7-9-15)13-17-10-11-18-16(20)19(2)3/h6-9,17H,4-5,10-13H2,1-3H3,(H,18,20). The number of urea groups is 1. The third kappa shape index (κ3) is 7.56. The molecule has 0 radical (unpaired) electrons. The lowest BCUT2D eigenvalue weighted by molar-refractivity contribution is 0.217. The minimum atomic E-state index is -0.0645. The van der Waals surface area contributed by atoms with Crippen molar-refractivity contribution in [3.05, 3.63) is 29.8 Å². The molecule has 1 aromatic rings. The summed E-state index contributed by atoms with van der Waals surface area (Å²) < 4.78 is 5.62. The molecule has 1 aromatic carbocycles. The number of hydrogen-bond donors (Lipinski definition) is 2. The zero-order chi connectivity index (χ0) is 15.5. The molecule has 0 spiro atoms. The Morgan fingerprint density at radius 3 is 2.52 bits per heavy atom. The Morgan fingerprint density at radius 1 is 1.19 bits per heavy atom. The van der Waals surface area contributed by atoms with Crippen LogP contribution >= 0.6 is 0 Å². The summed E-state index contributed by atoms with van der Waals surface area (Å²) >= 11 is 0. The summed E-state index contributed by atoms with van der Waals surface area (Å²) in [6.45, 7) is 5.08. The van der Waals surface area contributed by atoms with E-state index in [1.165, 1.54) is 10.5 Å². The summed E-state index contributed by atoms with van der Waals surface area (Å²) in [7, 11) is 3.46. The van der Waals surface area contributed by atoms with Gasteiger partial charge in [0.05, 0.1) is 6.61 Å². The van der Waals surface area contributed by atoms with Gasteiger partial charge >= 0.3 is 6.03 Å². The van der Waals surface area contributed by atoms with Gasteiger partial charge in [-0.05, 0) is 24.1 Å². The third-order valence-corrected chi connectivity index (χ3v) is 3.00. The predicted octanol–water partition coefficient (Wildman–Crippen LogP) is 2.23. The molecule has 0 aliphatic carbocycles. The van der Waals surface area contributed by atoms with Crippen LogP contribution in [0.2, 0.25) is 0 Å². The third-order valence-electron chi connectivity index (χ3n) is 3.00. The second-order valence-electron chi connectivity index (χ2n) is 5.15. The van der Waals surface area contributed by atoms with Crippen LogP contribution in [0.4, 0.5) is 4.79 Å². The minimum Gasteiger partial charge on any atom is -0.494 e.